The topological polar surface area (TPSA) is 198 Å². The number of likely N-dealkylation sites (tertiary alicyclic amines) is 2. The maximum atomic E-state index is 13.8. The number of halogens is 2. The van der Waals surface area contributed by atoms with Crippen LogP contribution in [0.25, 0.3) is 22.1 Å². The predicted octanol–water partition coefficient (Wildman–Crippen LogP) is 8.12. The molecule has 2 aromatic heterocycles. The van der Waals surface area contributed by atoms with Crippen LogP contribution >= 0.6 is 0 Å². The van der Waals surface area contributed by atoms with Gasteiger partial charge in [-0.05, 0) is 110 Å². The highest BCUT2D eigenvalue weighted by molar-refractivity contribution is 5.87. The molecular weight excluding hydrogens is 829 g/mol. The summed E-state index contributed by atoms with van der Waals surface area (Å²) < 4.78 is 35.8. The molecule has 3 fully saturated rings. The first kappa shape index (κ1) is 44.2. The number of fused-ring (bicyclic) bond motifs is 2. The van der Waals surface area contributed by atoms with Crippen LogP contribution in [0.2, 0.25) is 0 Å². The van der Waals surface area contributed by atoms with Gasteiger partial charge in [-0.15, -0.1) is 0 Å². The van der Waals surface area contributed by atoms with Crippen molar-refractivity contribution in [3.05, 3.63) is 83.4 Å². The van der Waals surface area contributed by atoms with Gasteiger partial charge in [0.15, 0.2) is 0 Å². The maximum Gasteiger partial charge on any atom is 0.407 e. The number of carbonyl (C=O) groups is 4. The highest BCUT2D eigenvalue weighted by Gasteiger charge is 2.40. The van der Waals surface area contributed by atoms with Gasteiger partial charge in [0.2, 0.25) is 11.8 Å². The lowest BCUT2D eigenvalue weighted by Crippen LogP contribution is -2.51. The number of hydrogen-bond acceptors (Lipinski definition) is 9. The van der Waals surface area contributed by atoms with Gasteiger partial charge in [-0.3, -0.25) is 9.59 Å². The number of nitrogens with one attached hydrogen (secondary N) is 4. The second-order valence-electron chi connectivity index (χ2n) is 17.6. The van der Waals surface area contributed by atoms with E-state index in [9.17, 15) is 33.1 Å². The average Bonchev–Trinajstić information content (AvgIpc) is 4.12. The summed E-state index contributed by atoms with van der Waals surface area (Å²) in [5.74, 6) is 0.499. The van der Waals surface area contributed by atoms with Crippen LogP contribution in [0.15, 0.2) is 60.7 Å². The van der Waals surface area contributed by atoms with E-state index in [1.807, 2.05) is 39.8 Å². The molecule has 5 aromatic rings. The normalized spacial score (nSPS) is 21.1. The van der Waals surface area contributed by atoms with Crippen molar-refractivity contribution in [3.63, 3.8) is 0 Å². The Bertz CT molecular complexity index is 2510. The fourth-order valence-electron chi connectivity index (χ4n) is 9.77. The van der Waals surface area contributed by atoms with E-state index >= 15 is 0 Å². The third-order valence-corrected chi connectivity index (χ3v) is 12.9. The lowest BCUT2D eigenvalue weighted by Gasteiger charge is -2.33. The van der Waals surface area contributed by atoms with Gasteiger partial charge >= 0.3 is 18.8 Å². The summed E-state index contributed by atoms with van der Waals surface area (Å²) in [5, 5.41) is 14.5. The molecule has 4 amide bonds. The van der Waals surface area contributed by atoms with Crippen LogP contribution in [0.1, 0.15) is 113 Å². The summed E-state index contributed by atoms with van der Waals surface area (Å²) in [6.07, 6.45) is 2.57. The van der Waals surface area contributed by atoms with Crippen molar-refractivity contribution in [2.75, 3.05) is 25.1 Å². The zero-order valence-corrected chi connectivity index (χ0v) is 36.5. The molecular formula is C46H55F2N9O7. The number of anilines is 1. The number of alkyl carbamates (subject to hydrolysis) is 1. The van der Waals surface area contributed by atoms with E-state index < -0.39 is 30.9 Å². The van der Waals surface area contributed by atoms with Crippen LogP contribution in [-0.4, -0.2) is 97.7 Å². The van der Waals surface area contributed by atoms with Crippen molar-refractivity contribution in [2.45, 2.75) is 109 Å². The van der Waals surface area contributed by atoms with E-state index in [1.165, 1.54) is 7.11 Å². The smallest absolute Gasteiger partial charge is 0.407 e. The van der Waals surface area contributed by atoms with Gasteiger partial charge in [0.25, 0.3) is 0 Å². The molecule has 5 N–H and O–H groups in total. The molecule has 0 aliphatic carbocycles. The Morgan fingerprint density at radius 2 is 1.19 bits per heavy atom. The van der Waals surface area contributed by atoms with Gasteiger partial charge in [0.1, 0.15) is 29.5 Å². The van der Waals surface area contributed by atoms with Gasteiger partial charge in [0, 0.05) is 18.8 Å². The first-order chi connectivity index (χ1) is 30.7. The zero-order chi connectivity index (χ0) is 45.4. The number of aromatic amines is 2. The van der Waals surface area contributed by atoms with Gasteiger partial charge in [0.05, 0.1) is 53.3 Å². The minimum Gasteiger partial charge on any atom is -0.465 e. The third-order valence-electron chi connectivity index (χ3n) is 12.9. The largest absolute Gasteiger partial charge is 0.465 e. The molecule has 3 aliphatic heterocycles. The number of alkyl halides is 2. The Morgan fingerprint density at radius 3 is 1.62 bits per heavy atom. The van der Waals surface area contributed by atoms with Crippen molar-refractivity contribution in [3.8, 4) is 5.75 Å². The number of imidazole rings is 2. The van der Waals surface area contributed by atoms with Crippen LogP contribution in [0, 0.1) is 11.8 Å². The molecule has 3 saturated heterocycles. The maximum absolute atomic E-state index is 13.8. The third kappa shape index (κ3) is 8.86. The van der Waals surface area contributed by atoms with Crippen LogP contribution in [0.5, 0.6) is 5.75 Å². The van der Waals surface area contributed by atoms with Crippen molar-refractivity contribution in [2.24, 2.45) is 11.8 Å². The number of carbonyl (C=O) groups excluding carboxylic acids is 3. The first-order valence-corrected chi connectivity index (χ1v) is 22.0. The van der Waals surface area contributed by atoms with Gasteiger partial charge in [-0.2, -0.15) is 8.78 Å². The Kier molecular flexibility index (Phi) is 12.6. The summed E-state index contributed by atoms with van der Waals surface area (Å²) in [6.45, 7) is 5.46. The summed E-state index contributed by atoms with van der Waals surface area (Å²) in [4.78, 5) is 73.9. The Balaban J connectivity index is 1.08. The van der Waals surface area contributed by atoms with Crippen molar-refractivity contribution in [1.29, 1.82) is 0 Å². The standard InChI is InChI=1S/C46H55F2N9O7/c1-24(2)38(53-45(60)61)42(58)55-20-6-8-36(55)40-49-30-16-10-26(22-32(30)51-40)34-18-19-35(57(34)28-12-14-29(15-13-28)64-44(47)48)27-11-17-31-33(23-27)52-41(50-31)37-9-7-21-56(37)43(59)39(25(3)4)54-46(62)63-5/h10-17,22-25,34-39,44,53H,6-9,18-21H2,1-5H3,(H,49,51)(H,50,52)(H,54,62)(H,60,61)/t34-,35?,36+,37+,38+,39+/m1/s1. The lowest BCUT2D eigenvalue weighted by molar-refractivity contribution is -0.136. The number of benzene rings is 3. The van der Waals surface area contributed by atoms with Crippen LogP contribution in [0.3, 0.4) is 0 Å². The Hall–Kier alpha value is -6.46. The molecule has 18 heteroatoms. The predicted molar refractivity (Wildman–Crippen MR) is 234 cm³/mol. The number of hydrogen-bond donors (Lipinski definition) is 5. The molecule has 0 saturated carbocycles. The molecule has 3 aromatic carbocycles. The second-order valence-corrected chi connectivity index (χ2v) is 17.6. The number of aromatic nitrogens is 4. The summed E-state index contributed by atoms with van der Waals surface area (Å²) >= 11 is 0. The number of ether oxygens (including phenoxy) is 2. The fraction of sp³-hybridized carbons (Fsp3) is 0.478. The lowest BCUT2D eigenvalue weighted by atomic mass is 10.0. The Morgan fingerprint density at radius 1 is 0.703 bits per heavy atom. The molecule has 0 spiro atoms. The van der Waals surface area contributed by atoms with E-state index in [4.69, 9.17) is 19.4 Å². The molecule has 8 rings (SSSR count). The molecule has 1 unspecified atom stereocenters. The quantitative estimate of drug-likeness (QED) is 0.0770. The highest BCUT2D eigenvalue weighted by atomic mass is 19.3. The second kappa shape index (κ2) is 18.3. The van der Waals surface area contributed by atoms with Gasteiger partial charge in [-0.1, -0.05) is 39.8 Å². The van der Waals surface area contributed by atoms with Gasteiger partial charge < -0.3 is 49.9 Å². The molecule has 5 heterocycles. The Labute approximate surface area is 369 Å². The van der Waals surface area contributed by atoms with Crippen LogP contribution in [0.4, 0.5) is 24.1 Å². The number of rotatable bonds is 13. The zero-order valence-electron chi connectivity index (χ0n) is 36.5. The number of amides is 4. The molecule has 340 valence electrons. The summed E-state index contributed by atoms with van der Waals surface area (Å²) in [5.41, 5.74) is 5.92. The highest BCUT2D eigenvalue weighted by Crippen LogP contribution is 2.48. The molecule has 6 atom stereocenters. The van der Waals surface area contributed by atoms with E-state index in [0.29, 0.717) is 37.6 Å². The molecule has 64 heavy (non-hydrogen) atoms. The van der Waals surface area contributed by atoms with Crippen molar-refractivity contribution in [1.82, 2.24) is 40.4 Å². The van der Waals surface area contributed by atoms with E-state index in [-0.39, 0.29) is 53.6 Å². The number of carboxylic acid groups (broad SMARTS) is 1. The summed E-state index contributed by atoms with van der Waals surface area (Å²) in [6, 6.07) is 16.4. The van der Waals surface area contributed by atoms with Crippen LogP contribution < -0.4 is 20.3 Å². The SMILES string of the molecule is COC(=O)N[C@H](C(=O)N1CCC[C@H]1c1nc2cc(C3CC[C@H](c4ccc5[nH]c([C@@H]6CCCN6C(=O)[C@@H](NC(=O)O)C(C)C)nc5c4)N3c3ccc(OC(F)F)cc3)ccc2[nH]1)C(C)C. The first-order valence-electron chi connectivity index (χ1n) is 22.0. The van der Waals surface area contributed by atoms with Gasteiger partial charge in [-0.25, -0.2) is 19.6 Å². The monoisotopic (exact) mass is 883 g/mol. The molecule has 0 bridgehead atoms. The minimum atomic E-state index is -2.95. The fourth-order valence-corrected chi connectivity index (χ4v) is 9.77. The van der Waals surface area contributed by atoms with E-state index in [2.05, 4.69) is 49.8 Å². The summed E-state index contributed by atoms with van der Waals surface area (Å²) in [7, 11) is 1.27. The van der Waals surface area contributed by atoms with Crippen molar-refractivity contribution < 1.29 is 42.5 Å². The van der Waals surface area contributed by atoms with E-state index in [1.54, 1.807) is 34.1 Å². The van der Waals surface area contributed by atoms with Crippen LogP contribution in [-0.2, 0) is 14.3 Å². The average molecular weight is 884 g/mol. The van der Waals surface area contributed by atoms with E-state index in [0.717, 1.165) is 64.6 Å². The molecule has 16 nitrogen and oxygen atoms in total. The molecule has 3 aliphatic rings. The van der Waals surface area contributed by atoms with Crippen molar-refractivity contribution >= 4 is 51.8 Å². The number of methoxy groups -OCH3 is 1. The number of H-pyrrole nitrogens is 2. The number of nitrogens with zero attached hydrogens (tertiary/aromatic N) is 5. The molecule has 0 radical (unpaired) electrons. The minimum absolute atomic E-state index is 0.0557.